The Morgan fingerprint density at radius 3 is 2.43 bits per heavy atom. The number of rotatable bonds is 8. The van der Waals surface area contributed by atoms with Gasteiger partial charge in [0.15, 0.2) is 0 Å². The third kappa shape index (κ3) is 4.62. The van der Waals surface area contributed by atoms with Crippen molar-refractivity contribution in [1.82, 2.24) is 15.8 Å². The molecule has 3 rings (SSSR count). The van der Waals surface area contributed by atoms with Crippen LogP contribution in [0.1, 0.15) is 31.4 Å². The predicted molar refractivity (Wildman–Crippen MR) is 116 cm³/mol. The minimum atomic E-state index is -1.05. The lowest BCUT2D eigenvalue weighted by molar-refractivity contribution is -0.138. The van der Waals surface area contributed by atoms with E-state index in [-0.39, 0.29) is 6.54 Å². The molecule has 7 nitrogen and oxygen atoms in total. The van der Waals surface area contributed by atoms with Crippen molar-refractivity contribution in [2.24, 2.45) is 0 Å². The number of hydrazine groups is 1. The van der Waals surface area contributed by atoms with Gasteiger partial charge in [-0.05, 0) is 50.8 Å². The van der Waals surface area contributed by atoms with Crippen molar-refractivity contribution in [3.05, 3.63) is 65.7 Å². The summed E-state index contributed by atoms with van der Waals surface area (Å²) < 4.78 is 0. The zero-order valence-corrected chi connectivity index (χ0v) is 17.6. The summed E-state index contributed by atoms with van der Waals surface area (Å²) in [5, 5.41) is 3.53. The van der Waals surface area contributed by atoms with E-state index in [0.29, 0.717) is 19.4 Å². The van der Waals surface area contributed by atoms with Gasteiger partial charge in [0.05, 0.1) is 6.54 Å². The van der Waals surface area contributed by atoms with Crippen LogP contribution in [0.5, 0.6) is 0 Å². The molecule has 2 N–H and O–H groups in total. The van der Waals surface area contributed by atoms with Gasteiger partial charge in [-0.3, -0.25) is 15.0 Å². The van der Waals surface area contributed by atoms with E-state index >= 15 is 0 Å². The first-order valence-corrected chi connectivity index (χ1v) is 10.1. The first kappa shape index (κ1) is 21.4. The molecule has 0 spiro atoms. The summed E-state index contributed by atoms with van der Waals surface area (Å²) in [6, 6.07) is 16.9. The molecular weight excluding hydrogens is 380 g/mol. The molecule has 1 aliphatic heterocycles. The Morgan fingerprint density at radius 1 is 1.10 bits per heavy atom. The number of nitrogens with zero attached hydrogens (tertiary/aromatic N) is 2. The number of hydrogen-bond donors (Lipinski definition) is 2. The molecule has 1 saturated heterocycles. The molecule has 0 radical (unpaired) electrons. The van der Waals surface area contributed by atoms with Crippen LogP contribution >= 0.6 is 0 Å². The minimum absolute atomic E-state index is 0.0408. The highest BCUT2D eigenvalue weighted by Crippen LogP contribution is 2.23. The van der Waals surface area contributed by atoms with Crippen LogP contribution in [-0.4, -0.2) is 41.5 Å². The second kappa shape index (κ2) is 8.98. The predicted octanol–water partition coefficient (Wildman–Crippen LogP) is 2.80. The van der Waals surface area contributed by atoms with Crippen molar-refractivity contribution >= 4 is 23.5 Å². The van der Waals surface area contributed by atoms with Crippen molar-refractivity contribution in [3.63, 3.8) is 0 Å². The number of carbonyl (C=O) groups excluding carboxylic acids is 3. The van der Waals surface area contributed by atoms with Gasteiger partial charge in [-0.2, -0.15) is 5.01 Å². The van der Waals surface area contributed by atoms with E-state index in [9.17, 15) is 14.4 Å². The van der Waals surface area contributed by atoms with Gasteiger partial charge in [0.2, 0.25) is 0 Å². The first-order chi connectivity index (χ1) is 14.3. The zero-order chi connectivity index (χ0) is 21.7. The molecule has 1 heterocycles. The zero-order valence-electron chi connectivity index (χ0n) is 17.6. The maximum absolute atomic E-state index is 12.9. The molecule has 0 bridgehead atoms. The number of hydrogen-bond acceptors (Lipinski definition) is 4. The van der Waals surface area contributed by atoms with Crippen molar-refractivity contribution in [3.8, 4) is 0 Å². The second-order valence-electron chi connectivity index (χ2n) is 7.72. The monoisotopic (exact) mass is 408 g/mol. The molecule has 30 heavy (non-hydrogen) atoms. The molecule has 7 heteroatoms. The van der Waals surface area contributed by atoms with E-state index in [0.717, 1.165) is 21.8 Å². The van der Waals surface area contributed by atoms with Crippen molar-refractivity contribution < 1.29 is 14.4 Å². The lowest BCUT2D eigenvalue weighted by Gasteiger charge is -2.25. The number of imide groups is 1. The van der Waals surface area contributed by atoms with Gasteiger partial charge in [0.1, 0.15) is 5.54 Å². The molecule has 1 aliphatic rings. The molecule has 2 aromatic rings. The Kier molecular flexibility index (Phi) is 6.40. The average molecular weight is 409 g/mol. The standard InChI is InChI=1S/C23H28N4O3/c1-4-26(19-13-9-8-10-17(19)2)16-20(28)25-27-21(29)23(3,24-22(27)30)15-14-18-11-6-5-7-12-18/h5-13H,4,14-16H2,1-3H3,(H,24,30)(H,25,28). The van der Waals surface area contributed by atoms with Gasteiger partial charge in [-0.25, -0.2) is 4.79 Å². The summed E-state index contributed by atoms with van der Waals surface area (Å²) in [6.45, 7) is 6.28. The lowest BCUT2D eigenvalue weighted by atomic mass is 9.93. The van der Waals surface area contributed by atoms with Crippen molar-refractivity contribution in [2.45, 2.75) is 39.2 Å². The largest absolute Gasteiger partial charge is 0.362 e. The summed E-state index contributed by atoms with van der Waals surface area (Å²) in [7, 11) is 0. The van der Waals surface area contributed by atoms with Crippen molar-refractivity contribution in [2.75, 3.05) is 18.0 Å². The highest BCUT2D eigenvalue weighted by Gasteiger charge is 2.48. The van der Waals surface area contributed by atoms with Crippen LogP contribution in [0, 0.1) is 6.92 Å². The van der Waals surface area contributed by atoms with Gasteiger partial charge in [0, 0.05) is 12.2 Å². The molecule has 2 aromatic carbocycles. The molecule has 4 amide bonds. The van der Waals surface area contributed by atoms with E-state index in [1.807, 2.05) is 73.3 Å². The molecule has 0 aromatic heterocycles. The number of likely N-dealkylation sites (N-methyl/N-ethyl adjacent to an activating group) is 1. The summed E-state index contributed by atoms with van der Waals surface area (Å²) in [4.78, 5) is 39.8. The van der Waals surface area contributed by atoms with Crippen LogP contribution in [0.15, 0.2) is 54.6 Å². The van der Waals surface area contributed by atoms with E-state index in [1.165, 1.54) is 0 Å². The average Bonchev–Trinajstić information content (AvgIpc) is 2.95. The SMILES string of the molecule is CCN(CC(=O)NN1C(=O)NC(C)(CCc2ccccc2)C1=O)c1ccccc1C. The number of urea groups is 1. The van der Waals surface area contributed by atoms with Crippen molar-refractivity contribution in [1.29, 1.82) is 0 Å². The Hall–Kier alpha value is -3.35. The normalized spacial score (nSPS) is 18.3. The highest BCUT2D eigenvalue weighted by atomic mass is 16.2. The summed E-state index contributed by atoms with van der Waals surface area (Å²) >= 11 is 0. The van der Waals surface area contributed by atoms with Gasteiger partial charge < -0.3 is 10.2 Å². The molecule has 158 valence electrons. The van der Waals surface area contributed by atoms with Gasteiger partial charge >= 0.3 is 6.03 Å². The van der Waals surface area contributed by atoms with Crippen LogP contribution in [0.2, 0.25) is 0 Å². The molecule has 0 aliphatic carbocycles. The summed E-state index contributed by atoms with van der Waals surface area (Å²) in [5.74, 6) is -0.869. The summed E-state index contributed by atoms with van der Waals surface area (Å²) in [5.41, 5.74) is 4.50. The lowest BCUT2D eigenvalue weighted by Crippen LogP contribution is -2.51. The van der Waals surface area contributed by atoms with E-state index in [2.05, 4.69) is 10.7 Å². The minimum Gasteiger partial charge on any atom is -0.362 e. The number of carbonyl (C=O) groups is 3. The van der Waals surface area contributed by atoms with E-state index in [1.54, 1.807) is 6.92 Å². The number of aryl methyl sites for hydroxylation is 2. The Morgan fingerprint density at radius 2 is 1.77 bits per heavy atom. The topological polar surface area (TPSA) is 81.8 Å². The quantitative estimate of drug-likeness (QED) is 0.658. The molecule has 1 atom stereocenters. The Balaban J connectivity index is 1.63. The Labute approximate surface area is 177 Å². The number of amides is 4. The number of benzene rings is 2. The molecule has 1 unspecified atom stereocenters. The number of nitrogens with one attached hydrogen (secondary N) is 2. The maximum atomic E-state index is 12.9. The van der Waals surface area contributed by atoms with Crippen LogP contribution in [0.25, 0.3) is 0 Å². The number of para-hydroxylation sites is 1. The third-order valence-electron chi connectivity index (χ3n) is 5.43. The Bertz CT molecular complexity index is 931. The molecule has 0 saturated carbocycles. The fourth-order valence-electron chi connectivity index (χ4n) is 3.61. The van der Waals surface area contributed by atoms with Crippen LogP contribution < -0.4 is 15.6 Å². The number of anilines is 1. The van der Waals surface area contributed by atoms with Gasteiger partial charge in [-0.15, -0.1) is 0 Å². The fraction of sp³-hybridized carbons (Fsp3) is 0.348. The van der Waals surface area contributed by atoms with Gasteiger partial charge in [0.25, 0.3) is 11.8 Å². The highest BCUT2D eigenvalue weighted by molar-refractivity contribution is 6.07. The van der Waals surface area contributed by atoms with E-state index < -0.39 is 23.4 Å². The first-order valence-electron chi connectivity index (χ1n) is 10.1. The third-order valence-corrected chi connectivity index (χ3v) is 5.43. The second-order valence-corrected chi connectivity index (χ2v) is 7.72. The maximum Gasteiger partial charge on any atom is 0.344 e. The van der Waals surface area contributed by atoms with Gasteiger partial charge in [-0.1, -0.05) is 48.5 Å². The summed E-state index contributed by atoms with van der Waals surface area (Å²) in [6.07, 6.45) is 1.08. The van der Waals surface area contributed by atoms with Crippen LogP contribution in [0.3, 0.4) is 0 Å². The molecular formula is C23H28N4O3. The van der Waals surface area contributed by atoms with Crippen LogP contribution in [-0.2, 0) is 16.0 Å². The smallest absolute Gasteiger partial charge is 0.344 e. The fourth-order valence-corrected chi connectivity index (χ4v) is 3.61. The van der Waals surface area contributed by atoms with E-state index in [4.69, 9.17) is 0 Å². The van der Waals surface area contributed by atoms with Crippen LogP contribution in [0.4, 0.5) is 10.5 Å². The molecule has 1 fully saturated rings.